The van der Waals surface area contributed by atoms with Crippen LogP contribution in [0.1, 0.15) is 34.1 Å². The van der Waals surface area contributed by atoms with Crippen LogP contribution in [-0.4, -0.2) is 18.5 Å². The van der Waals surface area contributed by atoms with Gasteiger partial charge >= 0.3 is 0 Å². The molecule has 0 spiro atoms. The summed E-state index contributed by atoms with van der Waals surface area (Å²) < 4.78 is 0. The van der Waals surface area contributed by atoms with E-state index in [2.05, 4.69) is 33.0 Å². The van der Waals surface area contributed by atoms with Gasteiger partial charge < -0.3 is 11.1 Å². The Morgan fingerprint density at radius 2 is 2.12 bits per heavy atom. The average molecular weight is 224 g/mol. The van der Waals surface area contributed by atoms with Crippen molar-refractivity contribution in [3.63, 3.8) is 0 Å². The van der Waals surface area contributed by atoms with Gasteiger partial charge in [-0.25, -0.2) is 0 Å². The molecule has 16 heavy (non-hydrogen) atoms. The summed E-state index contributed by atoms with van der Waals surface area (Å²) in [5.41, 5.74) is 5.87. The summed E-state index contributed by atoms with van der Waals surface area (Å²) in [4.78, 5) is 11.8. The summed E-state index contributed by atoms with van der Waals surface area (Å²) in [6.45, 7) is 9.43. The third-order valence-corrected chi connectivity index (χ3v) is 3.73. The molecule has 0 saturated carbocycles. The van der Waals surface area contributed by atoms with Crippen molar-refractivity contribution in [2.45, 2.75) is 40.2 Å². The molecule has 1 aliphatic carbocycles. The van der Waals surface area contributed by atoms with Crippen LogP contribution in [0.2, 0.25) is 0 Å². The highest BCUT2D eigenvalue weighted by atomic mass is 16.1. The number of nitrogens with two attached hydrogens (primary N) is 1. The molecule has 0 radical (unpaired) electrons. The monoisotopic (exact) mass is 224 g/mol. The number of amides is 1. The van der Waals surface area contributed by atoms with Crippen LogP contribution in [0.4, 0.5) is 0 Å². The minimum atomic E-state index is -0.0297. The first kappa shape index (κ1) is 13.2. The molecule has 0 fully saturated rings. The molecular formula is C13H24N2O. The van der Waals surface area contributed by atoms with Crippen molar-refractivity contribution < 1.29 is 4.79 Å². The molecule has 2 atom stereocenters. The Bertz CT molecular complexity index is 282. The van der Waals surface area contributed by atoms with E-state index in [1.165, 1.54) is 0 Å². The maximum absolute atomic E-state index is 11.8. The SMILES string of the molecule is CC(C)C(C)(C)CNC(=O)C1C=CC(N)C1. The van der Waals surface area contributed by atoms with E-state index in [0.717, 1.165) is 13.0 Å². The summed E-state index contributed by atoms with van der Waals surface area (Å²) in [5.74, 6) is 0.630. The molecule has 3 N–H and O–H groups in total. The van der Waals surface area contributed by atoms with E-state index in [1.54, 1.807) is 0 Å². The van der Waals surface area contributed by atoms with E-state index in [0.29, 0.717) is 5.92 Å². The van der Waals surface area contributed by atoms with Crippen molar-refractivity contribution in [2.75, 3.05) is 6.54 Å². The van der Waals surface area contributed by atoms with Crippen LogP contribution in [0.25, 0.3) is 0 Å². The van der Waals surface area contributed by atoms with E-state index in [4.69, 9.17) is 5.73 Å². The van der Waals surface area contributed by atoms with Crippen molar-refractivity contribution >= 4 is 5.91 Å². The maximum Gasteiger partial charge on any atom is 0.227 e. The first-order chi connectivity index (χ1) is 7.33. The minimum Gasteiger partial charge on any atom is -0.355 e. The van der Waals surface area contributed by atoms with Crippen LogP contribution in [-0.2, 0) is 4.79 Å². The quantitative estimate of drug-likeness (QED) is 0.714. The molecule has 0 aromatic carbocycles. The molecule has 1 aliphatic rings. The molecule has 3 nitrogen and oxygen atoms in total. The van der Waals surface area contributed by atoms with Crippen LogP contribution >= 0.6 is 0 Å². The fourth-order valence-electron chi connectivity index (χ4n) is 1.57. The van der Waals surface area contributed by atoms with Gasteiger partial charge in [-0.05, 0) is 17.8 Å². The Balaban J connectivity index is 2.39. The van der Waals surface area contributed by atoms with Crippen molar-refractivity contribution in [1.82, 2.24) is 5.32 Å². The Morgan fingerprint density at radius 1 is 1.50 bits per heavy atom. The lowest BCUT2D eigenvalue weighted by Crippen LogP contribution is -2.39. The highest BCUT2D eigenvalue weighted by Gasteiger charge is 2.26. The van der Waals surface area contributed by atoms with E-state index < -0.39 is 0 Å². The van der Waals surface area contributed by atoms with E-state index in [1.807, 2.05) is 12.2 Å². The molecule has 0 aromatic rings. The first-order valence-electron chi connectivity index (χ1n) is 6.04. The third kappa shape index (κ3) is 3.34. The number of nitrogens with one attached hydrogen (secondary N) is 1. The number of hydrogen-bond acceptors (Lipinski definition) is 2. The van der Waals surface area contributed by atoms with Crippen LogP contribution in [0, 0.1) is 17.3 Å². The smallest absolute Gasteiger partial charge is 0.227 e. The topological polar surface area (TPSA) is 55.1 Å². The zero-order valence-electron chi connectivity index (χ0n) is 10.8. The van der Waals surface area contributed by atoms with E-state index in [-0.39, 0.29) is 23.3 Å². The van der Waals surface area contributed by atoms with Crippen molar-refractivity contribution in [3.05, 3.63) is 12.2 Å². The zero-order chi connectivity index (χ0) is 12.3. The lowest BCUT2D eigenvalue weighted by atomic mass is 9.81. The number of carbonyl (C=O) groups is 1. The average Bonchev–Trinajstić information content (AvgIpc) is 2.61. The molecular weight excluding hydrogens is 200 g/mol. The molecule has 0 aromatic heterocycles. The van der Waals surface area contributed by atoms with E-state index >= 15 is 0 Å². The van der Waals surface area contributed by atoms with Gasteiger partial charge in [0, 0.05) is 12.6 Å². The Labute approximate surface area is 98.5 Å². The number of rotatable bonds is 4. The highest BCUT2D eigenvalue weighted by molar-refractivity contribution is 5.81. The zero-order valence-corrected chi connectivity index (χ0v) is 10.8. The van der Waals surface area contributed by atoms with Crippen LogP contribution in [0.15, 0.2) is 12.2 Å². The van der Waals surface area contributed by atoms with E-state index in [9.17, 15) is 4.79 Å². The number of carbonyl (C=O) groups excluding carboxylic acids is 1. The predicted octanol–water partition coefficient (Wildman–Crippen LogP) is 1.69. The fraction of sp³-hybridized carbons (Fsp3) is 0.769. The summed E-state index contributed by atoms with van der Waals surface area (Å²) >= 11 is 0. The largest absolute Gasteiger partial charge is 0.355 e. The van der Waals surface area contributed by atoms with Gasteiger partial charge in [-0.15, -0.1) is 0 Å². The molecule has 1 rings (SSSR count). The molecule has 0 saturated heterocycles. The predicted molar refractivity (Wildman–Crippen MR) is 66.9 cm³/mol. The summed E-state index contributed by atoms with van der Waals surface area (Å²) in [6, 6.07) is 0.0499. The van der Waals surface area contributed by atoms with Crippen LogP contribution in [0.5, 0.6) is 0 Å². The normalized spacial score (nSPS) is 25.1. The molecule has 3 heteroatoms. The molecule has 92 valence electrons. The van der Waals surface area contributed by atoms with Gasteiger partial charge in [0.1, 0.15) is 0 Å². The van der Waals surface area contributed by atoms with Gasteiger partial charge in [0.05, 0.1) is 5.92 Å². The second kappa shape index (κ2) is 5.00. The van der Waals surface area contributed by atoms with Gasteiger partial charge in [-0.1, -0.05) is 39.8 Å². The van der Waals surface area contributed by atoms with Gasteiger partial charge in [0.15, 0.2) is 0 Å². The van der Waals surface area contributed by atoms with Gasteiger partial charge in [0.25, 0.3) is 0 Å². The van der Waals surface area contributed by atoms with Crippen molar-refractivity contribution in [1.29, 1.82) is 0 Å². The lowest BCUT2D eigenvalue weighted by molar-refractivity contribution is -0.124. The van der Waals surface area contributed by atoms with Gasteiger partial charge in [-0.3, -0.25) is 4.79 Å². The van der Waals surface area contributed by atoms with Crippen molar-refractivity contribution in [3.8, 4) is 0 Å². The summed E-state index contributed by atoms with van der Waals surface area (Å²) in [6.07, 6.45) is 4.58. The fourth-order valence-corrected chi connectivity index (χ4v) is 1.57. The minimum absolute atomic E-state index is 0.0297. The Kier molecular flexibility index (Phi) is 4.14. The lowest BCUT2D eigenvalue weighted by Gasteiger charge is -2.29. The van der Waals surface area contributed by atoms with Crippen molar-refractivity contribution in [2.24, 2.45) is 23.0 Å². The summed E-state index contributed by atoms with van der Waals surface area (Å²) in [5, 5.41) is 3.02. The van der Waals surface area contributed by atoms with Gasteiger partial charge in [-0.2, -0.15) is 0 Å². The Morgan fingerprint density at radius 3 is 2.56 bits per heavy atom. The first-order valence-corrected chi connectivity index (χ1v) is 6.04. The second-order valence-electron chi connectivity index (χ2n) is 5.75. The molecule has 0 heterocycles. The van der Waals surface area contributed by atoms with Crippen LogP contribution < -0.4 is 11.1 Å². The number of hydrogen-bond donors (Lipinski definition) is 2. The molecule has 0 bridgehead atoms. The van der Waals surface area contributed by atoms with Gasteiger partial charge in [0.2, 0.25) is 5.91 Å². The molecule has 1 amide bonds. The molecule has 2 unspecified atom stereocenters. The Hall–Kier alpha value is -0.830. The molecule has 0 aliphatic heterocycles. The van der Waals surface area contributed by atoms with Crippen LogP contribution in [0.3, 0.4) is 0 Å². The second-order valence-corrected chi connectivity index (χ2v) is 5.75. The third-order valence-electron chi connectivity index (χ3n) is 3.73. The standard InChI is InChI=1S/C13H24N2O/c1-9(2)13(3,4)8-15-12(16)10-5-6-11(14)7-10/h5-6,9-11H,7-8,14H2,1-4H3,(H,15,16). The highest BCUT2D eigenvalue weighted by Crippen LogP contribution is 2.25. The summed E-state index contributed by atoms with van der Waals surface area (Å²) in [7, 11) is 0. The maximum atomic E-state index is 11.8.